The van der Waals surface area contributed by atoms with Gasteiger partial charge in [0.05, 0.1) is 6.61 Å². The number of rotatable bonds is 6. The standard InChI is InChI=1S/C18H30N2O/c1-14(2)18(17(19)16-9-5-4-6-10-16)20-11-7-8-15(12-20)13-21-3/h4-6,9-10,14-15,17-18H,7-8,11-13,19H2,1-3H3. The largest absolute Gasteiger partial charge is 0.384 e. The minimum Gasteiger partial charge on any atom is -0.384 e. The van der Waals surface area contributed by atoms with E-state index in [2.05, 4.69) is 49.1 Å². The van der Waals surface area contributed by atoms with Crippen LogP contribution in [0.15, 0.2) is 30.3 Å². The lowest BCUT2D eigenvalue weighted by Crippen LogP contribution is -2.50. The zero-order chi connectivity index (χ0) is 15.2. The third-order valence-corrected chi connectivity index (χ3v) is 4.61. The Morgan fingerprint density at radius 1 is 1.29 bits per heavy atom. The Hall–Kier alpha value is -0.900. The van der Waals surface area contributed by atoms with Crippen molar-refractivity contribution in [3.05, 3.63) is 35.9 Å². The Morgan fingerprint density at radius 2 is 2.00 bits per heavy atom. The third kappa shape index (κ3) is 4.29. The maximum atomic E-state index is 6.62. The molecule has 0 aliphatic carbocycles. The molecule has 1 aromatic rings. The molecular formula is C18H30N2O. The van der Waals surface area contributed by atoms with Crippen molar-refractivity contribution in [1.29, 1.82) is 0 Å². The number of benzene rings is 1. The van der Waals surface area contributed by atoms with Crippen LogP contribution in [0.5, 0.6) is 0 Å². The van der Waals surface area contributed by atoms with Gasteiger partial charge in [-0.05, 0) is 36.8 Å². The average molecular weight is 290 g/mol. The summed E-state index contributed by atoms with van der Waals surface area (Å²) in [6.45, 7) is 7.70. The Balaban J connectivity index is 2.11. The topological polar surface area (TPSA) is 38.5 Å². The highest BCUT2D eigenvalue weighted by atomic mass is 16.5. The van der Waals surface area contributed by atoms with E-state index in [0.717, 1.165) is 19.7 Å². The van der Waals surface area contributed by atoms with E-state index < -0.39 is 0 Å². The lowest BCUT2D eigenvalue weighted by atomic mass is 9.87. The van der Waals surface area contributed by atoms with Gasteiger partial charge in [0.15, 0.2) is 0 Å². The van der Waals surface area contributed by atoms with Crippen LogP contribution in [0, 0.1) is 11.8 Å². The number of nitrogens with zero attached hydrogens (tertiary/aromatic N) is 1. The van der Waals surface area contributed by atoms with Crippen molar-refractivity contribution in [2.45, 2.75) is 38.8 Å². The normalized spacial score (nSPS) is 23.2. The molecule has 0 bridgehead atoms. The molecule has 0 spiro atoms. The predicted molar refractivity (Wildman–Crippen MR) is 88.2 cm³/mol. The molecule has 3 nitrogen and oxygen atoms in total. The summed E-state index contributed by atoms with van der Waals surface area (Å²) < 4.78 is 5.36. The molecule has 3 heteroatoms. The Bertz CT molecular complexity index is 405. The molecule has 21 heavy (non-hydrogen) atoms. The van der Waals surface area contributed by atoms with Crippen LogP contribution in [0.4, 0.5) is 0 Å². The van der Waals surface area contributed by atoms with E-state index in [1.807, 2.05) is 0 Å². The maximum absolute atomic E-state index is 6.62. The molecule has 1 aliphatic rings. The highest BCUT2D eigenvalue weighted by molar-refractivity contribution is 5.20. The summed E-state index contributed by atoms with van der Waals surface area (Å²) in [5.41, 5.74) is 7.86. The van der Waals surface area contributed by atoms with Gasteiger partial charge in [-0.3, -0.25) is 4.90 Å². The van der Waals surface area contributed by atoms with E-state index in [1.54, 1.807) is 7.11 Å². The smallest absolute Gasteiger partial charge is 0.0502 e. The van der Waals surface area contributed by atoms with E-state index in [4.69, 9.17) is 10.5 Å². The Kier molecular flexibility index (Phi) is 6.22. The zero-order valence-electron chi connectivity index (χ0n) is 13.7. The van der Waals surface area contributed by atoms with Crippen molar-refractivity contribution in [1.82, 2.24) is 4.90 Å². The molecule has 0 radical (unpaired) electrons. The van der Waals surface area contributed by atoms with Gasteiger partial charge < -0.3 is 10.5 Å². The van der Waals surface area contributed by atoms with Gasteiger partial charge in [0, 0.05) is 25.7 Å². The van der Waals surface area contributed by atoms with E-state index in [-0.39, 0.29) is 6.04 Å². The first kappa shape index (κ1) is 16.5. The third-order valence-electron chi connectivity index (χ3n) is 4.61. The summed E-state index contributed by atoms with van der Waals surface area (Å²) in [5, 5.41) is 0. The number of likely N-dealkylation sites (tertiary alicyclic amines) is 1. The number of piperidine rings is 1. The average Bonchev–Trinajstić information content (AvgIpc) is 2.48. The lowest BCUT2D eigenvalue weighted by Gasteiger charge is -2.42. The molecular weight excluding hydrogens is 260 g/mol. The van der Waals surface area contributed by atoms with Gasteiger partial charge >= 0.3 is 0 Å². The van der Waals surface area contributed by atoms with Gasteiger partial charge in [0.25, 0.3) is 0 Å². The van der Waals surface area contributed by atoms with Gasteiger partial charge in [0.2, 0.25) is 0 Å². The monoisotopic (exact) mass is 290 g/mol. The van der Waals surface area contributed by atoms with Crippen LogP contribution in [-0.2, 0) is 4.74 Å². The molecule has 1 aromatic carbocycles. The van der Waals surface area contributed by atoms with Crippen molar-refractivity contribution in [3.63, 3.8) is 0 Å². The van der Waals surface area contributed by atoms with Crippen LogP contribution < -0.4 is 5.73 Å². The molecule has 1 saturated heterocycles. The van der Waals surface area contributed by atoms with Crippen LogP contribution >= 0.6 is 0 Å². The molecule has 0 saturated carbocycles. The van der Waals surface area contributed by atoms with Crippen LogP contribution in [-0.4, -0.2) is 37.7 Å². The van der Waals surface area contributed by atoms with Crippen molar-refractivity contribution < 1.29 is 4.74 Å². The number of hydrogen-bond acceptors (Lipinski definition) is 3. The number of methoxy groups -OCH3 is 1. The summed E-state index contributed by atoms with van der Waals surface area (Å²) in [4.78, 5) is 2.59. The Morgan fingerprint density at radius 3 is 2.62 bits per heavy atom. The summed E-state index contributed by atoms with van der Waals surface area (Å²) in [5.74, 6) is 1.19. The number of nitrogens with two attached hydrogens (primary N) is 1. The first-order chi connectivity index (χ1) is 10.1. The van der Waals surface area contributed by atoms with Gasteiger partial charge in [-0.1, -0.05) is 44.2 Å². The van der Waals surface area contributed by atoms with Crippen LogP contribution in [0.2, 0.25) is 0 Å². The molecule has 1 fully saturated rings. The van der Waals surface area contributed by atoms with Gasteiger partial charge in [-0.2, -0.15) is 0 Å². The molecule has 1 aliphatic heterocycles. The molecule has 2 rings (SSSR count). The molecule has 1 heterocycles. The molecule has 3 unspecified atom stereocenters. The highest BCUT2D eigenvalue weighted by Crippen LogP contribution is 2.29. The van der Waals surface area contributed by atoms with Crippen molar-refractivity contribution >= 4 is 0 Å². The van der Waals surface area contributed by atoms with Gasteiger partial charge in [-0.25, -0.2) is 0 Å². The van der Waals surface area contributed by atoms with Gasteiger partial charge in [-0.15, -0.1) is 0 Å². The second-order valence-electron chi connectivity index (χ2n) is 6.63. The fourth-order valence-corrected chi connectivity index (χ4v) is 3.68. The fraction of sp³-hybridized carbons (Fsp3) is 0.667. The van der Waals surface area contributed by atoms with Crippen LogP contribution in [0.25, 0.3) is 0 Å². The van der Waals surface area contributed by atoms with E-state index in [9.17, 15) is 0 Å². The minimum atomic E-state index is 0.0764. The van der Waals surface area contributed by atoms with Crippen molar-refractivity contribution in [3.8, 4) is 0 Å². The molecule has 118 valence electrons. The van der Waals surface area contributed by atoms with E-state index >= 15 is 0 Å². The quantitative estimate of drug-likeness (QED) is 0.875. The molecule has 0 amide bonds. The number of ether oxygens (including phenoxy) is 1. The lowest BCUT2D eigenvalue weighted by molar-refractivity contribution is 0.0451. The summed E-state index contributed by atoms with van der Waals surface area (Å²) in [7, 11) is 1.80. The first-order valence-electron chi connectivity index (χ1n) is 8.17. The van der Waals surface area contributed by atoms with E-state index in [1.165, 1.54) is 18.4 Å². The van der Waals surface area contributed by atoms with Crippen LogP contribution in [0.3, 0.4) is 0 Å². The van der Waals surface area contributed by atoms with Crippen molar-refractivity contribution in [2.24, 2.45) is 17.6 Å². The predicted octanol–water partition coefficient (Wildman–Crippen LogP) is 3.07. The van der Waals surface area contributed by atoms with Gasteiger partial charge in [0.1, 0.15) is 0 Å². The second-order valence-corrected chi connectivity index (χ2v) is 6.63. The summed E-state index contributed by atoms with van der Waals surface area (Å²) in [6, 6.07) is 11.0. The van der Waals surface area contributed by atoms with Crippen molar-refractivity contribution in [2.75, 3.05) is 26.8 Å². The molecule has 3 atom stereocenters. The number of hydrogen-bond donors (Lipinski definition) is 1. The highest BCUT2D eigenvalue weighted by Gasteiger charge is 2.32. The zero-order valence-corrected chi connectivity index (χ0v) is 13.7. The first-order valence-corrected chi connectivity index (χ1v) is 8.17. The van der Waals surface area contributed by atoms with E-state index in [0.29, 0.717) is 17.9 Å². The fourth-order valence-electron chi connectivity index (χ4n) is 3.68. The minimum absolute atomic E-state index is 0.0764. The second kappa shape index (κ2) is 7.92. The summed E-state index contributed by atoms with van der Waals surface area (Å²) >= 11 is 0. The SMILES string of the molecule is COCC1CCCN(C(C(C)C)C(N)c2ccccc2)C1. The molecule has 0 aromatic heterocycles. The van der Waals surface area contributed by atoms with Crippen LogP contribution in [0.1, 0.15) is 38.3 Å². The summed E-state index contributed by atoms with van der Waals surface area (Å²) in [6.07, 6.45) is 2.52. The Labute approximate surface area is 129 Å². The molecule has 2 N–H and O–H groups in total. The maximum Gasteiger partial charge on any atom is 0.0502 e.